The summed E-state index contributed by atoms with van der Waals surface area (Å²) < 4.78 is 0. The first-order valence-electron chi connectivity index (χ1n) is 8.82. The largest absolute Gasteiger partial charge is 0.338 e. The molecule has 1 aliphatic rings. The van der Waals surface area contributed by atoms with E-state index in [1.165, 1.54) is 0 Å². The zero-order chi connectivity index (χ0) is 17.8. The van der Waals surface area contributed by atoms with E-state index in [2.05, 4.69) is 29.0 Å². The molecule has 0 spiro atoms. The monoisotopic (exact) mass is 340 g/mol. The van der Waals surface area contributed by atoms with Crippen LogP contribution < -0.4 is 0 Å². The Balaban J connectivity index is 1.67. The summed E-state index contributed by atoms with van der Waals surface area (Å²) in [5, 5.41) is 6.76. The lowest BCUT2D eigenvalue weighted by Crippen LogP contribution is -2.42. The summed E-state index contributed by atoms with van der Waals surface area (Å²) in [5.41, 5.74) is 2.12. The molecule has 3 rings (SSSR count). The van der Waals surface area contributed by atoms with E-state index in [0.717, 1.165) is 24.2 Å². The topological polar surface area (TPSA) is 79.0 Å². The minimum absolute atomic E-state index is 0.0303. The third-order valence-corrected chi connectivity index (χ3v) is 4.56. The molecular weight excluding hydrogens is 316 g/mol. The number of amides is 1. The molecule has 132 valence electrons. The van der Waals surface area contributed by atoms with Crippen LogP contribution in [0.5, 0.6) is 0 Å². The van der Waals surface area contributed by atoms with Crippen LogP contribution in [0.25, 0.3) is 11.4 Å². The highest BCUT2D eigenvalue weighted by Gasteiger charge is 2.29. The van der Waals surface area contributed by atoms with Gasteiger partial charge in [0, 0.05) is 37.8 Å². The Bertz CT molecular complexity index is 722. The number of likely N-dealkylation sites (tertiary alicyclic amines) is 1. The van der Waals surface area contributed by atoms with E-state index in [4.69, 9.17) is 0 Å². The smallest absolute Gasteiger partial charge is 0.255 e. The number of Topliss-reactive ketones (excluding diaryl/α,β-unsaturated/α-hetero) is 1. The van der Waals surface area contributed by atoms with Gasteiger partial charge in [0.15, 0.2) is 0 Å². The van der Waals surface area contributed by atoms with E-state index in [1.807, 2.05) is 12.1 Å². The van der Waals surface area contributed by atoms with Gasteiger partial charge in [-0.05, 0) is 37.0 Å². The highest BCUT2D eigenvalue weighted by molar-refractivity contribution is 5.94. The Morgan fingerprint density at radius 3 is 2.80 bits per heavy atom. The summed E-state index contributed by atoms with van der Waals surface area (Å²) in [6, 6.07) is 5.43. The van der Waals surface area contributed by atoms with Gasteiger partial charge in [0.05, 0.1) is 17.0 Å². The van der Waals surface area contributed by atoms with Gasteiger partial charge in [-0.2, -0.15) is 5.10 Å². The maximum absolute atomic E-state index is 12.7. The molecule has 0 saturated carbocycles. The van der Waals surface area contributed by atoms with Crippen molar-refractivity contribution in [2.45, 2.75) is 33.1 Å². The molecule has 1 amide bonds. The maximum atomic E-state index is 12.7. The van der Waals surface area contributed by atoms with E-state index in [9.17, 15) is 9.59 Å². The number of hydrogen-bond donors (Lipinski definition) is 1. The molecule has 1 atom stereocenters. The number of pyridine rings is 1. The number of aromatic amines is 1. The Morgan fingerprint density at radius 2 is 2.16 bits per heavy atom. The maximum Gasteiger partial charge on any atom is 0.255 e. The molecule has 1 fully saturated rings. The number of nitrogens with zero attached hydrogens (tertiary/aromatic N) is 3. The number of ketones is 1. The zero-order valence-electron chi connectivity index (χ0n) is 14.7. The fourth-order valence-electron chi connectivity index (χ4n) is 3.25. The Hall–Kier alpha value is -2.50. The molecule has 0 aliphatic carbocycles. The van der Waals surface area contributed by atoms with Gasteiger partial charge in [-0.3, -0.25) is 19.7 Å². The summed E-state index contributed by atoms with van der Waals surface area (Å²) in [6.45, 7) is 5.33. The van der Waals surface area contributed by atoms with Crippen molar-refractivity contribution in [3.8, 4) is 11.4 Å². The fourth-order valence-corrected chi connectivity index (χ4v) is 3.25. The predicted molar refractivity (Wildman–Crippen MR) is 94.9 cm³/mol. The van der Waals surface area contributed by atoms with Gasteiger partial charge in [-0.15, -0.1) is 0 Å². The summed E-state index contributed by atoms with van der Waals surface area (Å²) in [5.74, 6) is 0.557. The Morgan fingerprint density at radius 1 is 1.32 bits per heavy atom. The van der Waals surface area contributed by atoms with Gasteiger partial charge < -0.3 is 4.90 Å². The van der Waals surface area contributed by atoms with E-state index in [1.54, 1.807) is 23.4 Å². The summed E-state index contributed by atoms with van der Waals surface area (Å²) in [7, 11) is 0. The van der Waals surface area contributed by atoms with Crippen LogP contribution in [-0.2, 0) is 4.79 Å². The van der Waals surface area contributed by atoms with Crippen LogP contribution in [0.1, 0.15) is 43.5 Å². The van der Waals surface area contributed by atoms with E-state index < -0.39 is 0 Å². The van der Waals surface area contributed by atoms with Crippen molar-refractivity contribution in [2.24, 2.45) is 11.8 Å². The quantitative estimate of drug-likeness (QED) is 0.907. The second kappa shape index (κ2) is 7.59. The minimum atomic E-state index is -0.0503. The number of aromatic nitrogens is 3. The van der Waals surface area contributed by atoms with Gasteiger partial charge >= 0.3 is 0 Å². The Labute approximate surface area is 147 Å². The molecule has 2 aromatic heterocycles. The second-order valence-corrected chi connectivity index (χ2v) is 7.06. The average Bonchev–Trinajstić information content (AvgIpc) is 3.15. The molecule has 1 saturated heterocycles. The van der Waals surface area contributed by atoms with Gasteiger partial charge in [0.25, 0.3) is 5.91 Å². The molecule has 0 radical (unpaired) electrons. The fraction of sp³-hybridized carbons (Fsp3) is 0.474. The molecule has 3 heterocycles. The van der Waals surface area contributed by atoms with Crippen molar-refractivity contribution in [1.82, 2.24) is 20.1 Å². The van der Waals surface area contributed by atoms with Gasteiger partial charge in [0.1, 0.15) is 5.78 Å². The zero-order valence-corrected chi connectivity index (χ0v) is 14.7. The third kappa shape index (κ3) is 4.13. The van der Waals surface area contributed by atoms with Crippen LogP contribution >= 0.6 is 0 Å². The number of H-pyrrole nitrogens is 1. The molecule has 1 N–H and O–H groups in total. The summed E-state index contributed by atoms with van der Waals surface area (Å²) >= 11 is 0. The Kier molecular flexibility index (Phi) is 5.26. The minimum Gasteiger partial charge on any atom is -0.338 e. The van der Waals surface area contributed by atoms with E-state index in [0.29, 0.717) is 31.0 Å². The molecule has 6 heteroatoms. The van der Waals surface area contributed by atoms with Gasteiger partial charge in [0.2, 0.25) is 0 Å². The van der Waals surface area contributed by atoms with Crippen LogP contribution in [0.3, 0.4) is 0 Å². The van der Waals surface area contributed by atoms with Gasteiger partial charge in [-0.1, -0.05) is 13.8 Å². The molecule has 1 aliphatic heterocycles. The van der Waals surface area contributed by atoms with Crippen molar-refractivity contribution in [3.63, 3.8) is 0 Å². The molecule has 6 nitrogen and oxygen atoms in total. The van der Waals surface area contributed by atoms with Crippen LogP contribution in [-0.4, -0.2) is 44.9 Å². The average molecular weight is 340 g/mol. The normalized spacial score (nSPS) is 17.7. The lowest BCUT2D eigenvalue weighted by Gasteiger charge is -2.32. The summed E-state index contributed by atoms with van der Waals surface area (Å²) in [6.07, 6.45) is 5.61. The van der Waals surface area contributed by atoms with E-state index in [-0.39, 0.29) is 17.6 Å². The molecular formula is C19H24N4O2. The van der Waals surface area contributed by atoms with Gasteiger partial charge in [-0.25, -0.2) is 0 Å². The molecule has 2 aromatic rings. The highest BCUT2D eigenvalue weighted by atomic mass is 16.2. The number of piperidine rings is 1. The van der Waals surface area contributed by atoms with Crippen molar-refractivity contribution in [3.05, 3.63) is 36.2 Å². The first-order valence-corrected chi connectivity index (χ1v) is 8.82. The first-order chi connectivity index (χ1) is 12.0. The molecule has 1 unspecified atom stereocenters. The van der Waals surface area contributed by atoms with Crippen LogP contribution in [0, 0.1) is 11.8 Å². The van der Waals surface area contributed by atoms with Crippen molar-refractivity contribution in [1.29, 1.82) is 0 Å². The van der Waals surface area contributed by atoms with Crippen LogP contribution in [0.4, 0.5) is 0 Å². The summed E-state index contributed by atoms with van der Waals surface area (Å²) in [4.78, 5) is 31.2. The lowest BCUT2D eigenvalue weighted by molar-refractivity contribution is -0.124. The lowest BCUT2D eigenvalue weighted by atomic mass is 9.89. The van der Waals surface area contributed by atoms with Crippen molar-refractivity contribution in [2.75, 3.05) is 13.1 Å². The van der Waals surface area contributed by atoms with Crippen LogP contribution in [0.2, 0.25) is 0 Å². The number of rotatable bonds is 5. The van der Waals surface area contributed by atoms with Crippen molar-refractivity contribution < 1.29 is 9.59 Å². The molecule has 0 aromatic carbocycles. The number of carbonyl (C=O) groups is 2. The second-order valence-electron chi connectivity index (χ2n) is 7.06. The van der Waals surface area contributed by atoms with Crippen molar-refractivity contribution >= 4 is 11.7 Å². The number of nitrogens with one attached hydrogen (secondary N) is 1. The number of carbonyl (C=O) groups excluding carboxylic acids is 2. The standard InChI is InChI=1S/C19H24N4O2/c1-13(2)10-18(24)15-4-3-9-23(12-15)19(25)14-5-6-16(20-11-14)17-7-8-21-22-17/h5-8,11,13,15H,3-4,9-10,12H2,1-2H3,(H,21,22). The third-order valence-electron chi connectivity index (χ3n) is 4.56. The number of hydrogen-bond acceptors (Lipinski definition) is 4. The van der Waals surface area contributed by atoms with Crippen LogP contribution in [0.15, 0.2) is 30.6 Å². The predicted octanol–water partition coefficient (Wildman–Crippen LogP) is 2.94. The van der Waals surface area contributed by atoms with E-state index >= 15 is 0 Å². The first kappa shape index (κ1) is 17.3. The SMILES string of the molecule is CC(C)CC(=O)C1CCCN(C(=O)c2ccc(-c3ccn[nH]3)nc2)C1. The molecule has 0 bridgehead atoms. The molecule has 25 heavy (non-hydrogen) atoms. The highest BCUT2D eigenvalue weighted by Crippen LogP contribution is 2.22.